The lowest BCUT2D eigenvalue weighted by molar-refractivity contribution is 0.0496. The molecular formula is C18H24N2O4. The lowest BCUT2D eigenvalue weighted by Crippen LogP contribution is -2.48. The Balaban J connectivity index is 1.37. The van der Waals surface area contributed by atoms with Crippen molar-refractivity contribution in [2.45, 2.75) is 43.9 Å². The molecule has 3 aliphatic heterocycles. The van der Waals surface area contributed by atoms with Crippen LogP contribution in [-0.4, -0.2) is 60.6 Å². The van der Waals surface area contributed by atoms with E-state index in [4.69, 9.17) is 9.47 Å². The summed E-state index contributed by atoms with van der Waals surface area (Å²) in [5, 5.41) is 9.32. The second-order valence-corrected chi connectivity index (χ2v) is 6.88. The number of fused-ring (bicyclic) bond motifs is 2. The molecule has 6 nitrogen and oxygen atoms in total. The average Bonchev–Trinajstić information content (AvgIpc) is 2.88. The topological polar surface area (TPSA) is 62.2 Å². The van der Waals surface area contributed by atoms with Crippen LogP contribution in [0.25, 0.3) is 0 Å². The van der Waals surface area contributed by atoms with Crippen LogP contribution in [0.5, 0.6) is 5.75 Å². The number of morpholine rings is 1. The number of piperidine rings is 1. The molecule has 1 aromatic rings. The Labute approximate surface area is 141 Å². The number of hydrogen-bond donors (Lipinski definition) is 1. The van der Waals surface area contributed by atoms with Gasteiger partial charge in [0.1, 0.15) is 11.9 Å². The molecule has 0 aliphatic carbocycles. The predicted octanol–water partition coefficient (Wildman–Crippen LogP) is 2.58. The van der Waals surface area contributed by atoms with Crippen molar-refractivity contribution in [2.24, 2.45) is 0 Å². The zero-order valence-corrected chi connectivity index (χ0v) is 13.8. The highest BCUT2D eigenvalue weighted by atomic mass is 16.5. The zero-order valence-electron chi connectivity index (χ0n) is 13.8. The smallest absolute Gasteiger partial charge is 0.407 e. The third kappa shape index (κ3) is 3.02. The Morgan fingerprint density at radius 3 is 2.29 bits per heavy atom. The molecule has 3 aliphatic rings. The summed E-state index contributed by atoms with van der Waals surface area (Å²) in [6.07, 6.45) is 2.87. The Morgan fingerprint density at radius 2 is 1.71 bits per heavy atom. The standard InChI is InChI=1S/C18H24N2O4/c21-18(22)20-14-1-2-15(20)12-17(11-14)24-16-5-3-13(4-6-16)19-7-9-23-10-8-19/h3-6,14-15,17H,1-2,7-12H2,(H,21,22)/t14-,15+,17?. The maximum absolute atomic E-state index is 11.3. The van der Waals surface area contributed by atoms with Crippen LogP contribution in [0.2, 0.25) is 0 Å². The normalized spacial score (nSPS) is 29.6. The molecule has 3 fully saturated rings. The first-order valence-electron chi connectivity index (χ1n) is 8.81. The Morgan fingerprint density at radius 1 is 1.08 bits per heavy atom. The van der Waals surface area contributed by atoms with Crippen LogP contribution in [0.1, 0.15) is 25.7 Å². The number of amides is 1. The molecule has 2 bridgehead atoms. The van der Waals surface area contributed by atoms with Gasteiger partial charge in [0.25, 0.3) is 0 Å². The average molecular weight is 332 g/mol. The lowest BCUT2D eigenvalue weighted by atomic mass is 10.0. The molecule has 0 aromatic heterocycles. The van der Waals surface area contributed by atoms with Crippen molar-refractivity contribution in [1.82, 2.24) is 4.90 Å². The molecular weight excluding hydrogens is 308 g/mol. The van der Waals surface area contributed by atoms with E-state index in [1.54, 1.807) is 4.90 Å². The van der Waals surface area contributed by atoms with Crippen LogP contribution in [0.15, 0.2) is 24.3 Å². The molecule has 24 heavy (non-hydrogen) atoms. The fourth-order valence-corrected chi connectivity index (χ4v) is 4.29. The van der Waals surface area contributed by atoms with Gasteiger partial charge >= 0.3 is 6.09 Å². The summed E-state index contributed by atoms with van der Waals surface area (Å²) in [6.45, 7) is 3.42. The van der Waals surface area contributed by atoms with Crippen molar-refractivity contribution >= 4 is 11.8 Å². The van der Waals surface area contributed by atoms with E-state index in [0.29, 0.717) is 0 Å². The molecule has 0 saturated carbocycles. The van der Waals surface area contributed by atoms with Gasteiger partial charge in [-0.3, -0.25) is 0 Å². The number of nitrogens with zero attached hydrogens (tertiary/aromatic N) is 2. The van der Waals surface area contributed by atoms with Crippen LogP contribution in [0.3, 0.4) is 0 Å². The molecule has 3 atom stereocenters. The number of anilines is 1. The highest BCUT2D eigenvalue weighted by Crippen LogP contribution is 2.37. The third-order valence-corrected chi connectivity index (χ3v) is 5.43. The Kier molecular flexibility index (Phi) is 4.22. The minimum absolute atomic E-state index is 0.118. The van der Waals surface area contributed by atoms with Gasteiger partial charge in [0, 0.05) is 43.7 Å². The minimum atomic E-state index is -0.782. The first kappa shape index (κ1) is 15.6. The SMILES string of the molecule is O=C(O)N1[C@@H]2CC[C@H]1CC(Oc1ccc(N3CCOCC3)cc1)C2. The summed E-state index contributed by atoms with van der Waals surface area (Å²) in [7, 11) is 0. The van der Waals surface area contributed by atoms with Gasteiger partial charge in [-0.1, -0.05) is 0 Å². The van der Waals surface area contributed by atoms with Crippen molar-refractivity contribution in [3.8, 4) is 5.75 Å². The maximum Gasteiger partial charge on any atom is 0.407 e. The minimum Gasteiger partial charge on any atom is -0.490 e. The van der Waals surface area contributed by atoms with Crippen molar-refractivity contribution in [2.75, 3.05) is 31.2 Å². The van der Waals surface area contributed by atoms with Gasteiger partial charge in [-0.2, -0.15) is 0 Å². The molecule has 0 spiro atoms. The van der Waals surface area contributed by atoms with Crippen LogP contribution >= 0.6 is 0 Å². The van der Waals surface area contributed by atoms with E-state index in [1.807, 2.05) is 12.1 Å². The van der Waals surface area contributed by atoms with Crippen molar-refractivity contribution in [3.05, 3.63) is 24.3 Å². The first-order chi connectivity index (χ1) is 11.7. The summed E-state index contributed by atoms with van der Waals surface area (Å²) >= 11 is 0. The van der Waals surface area contributed by atoms with Crippen molar-refractivity contribution in [3.63, 3.8) is 0 Å². The van der Waals surface area contributed by atoms with Crippen molar-refractivity contribution in [1.29, 1.82) is 0 Å². The zero-order chi connectivity index (χ0) is 16.5. The van der Waals surface area contributed by atoms with Gasteiger partial charge < -0.3 is 24.4 Å². The fourth-order valence-electron chi connectivity index (χ4n) is 4.29. The van der Waals surface area contributed by atoms with E-state index in [2.05, 4.69) is 17.0 Å². The molecule has 6 heteroatoms. The summed E-state index contributed by atoms with van der Waals surface area (Å²) < 4.78 is 11.5. The van der Waals surface area contributed by atoms with E-state index in [1.165, 1.54) is 5.69 Å². The first-order valence-corrected chi connectivity index (χ1v) is 8.81. The lowest BCUT2D eigenvalue weighted by Gasteiger charge is -2.37. The highest BCUT2D eigenvalue weighted by molar-refractivity contribution is 5.66. The van der Waals surface area contributed by atoms with Crippen LogP contribution in [-0.2, 0) is 4.74 Å². The van der Waals surface area contributed by atoms with Crippen LogP contribution in [0, 0.1) is 0 Å². The van der Waals surface area contributed by atoms with Crippen LogP contribution in [0.4, 0.5) is 10.5 Å². The molecule has 3 saturated heterocycles. The molecule has 130 valence electrons. The predicted molar refractivity (Wildman–Crippen MR) is 89.8 cm³/mol. The van der Waals surface area contributed by atoms with Gasteiger partial charge in [-0.25, -0.2) is 4.79 Å². The van der Waals surface area contributed by atoms with E-state index in [9.17, 15) is 9.90 Å². The van der Waals surface area contributed by atoms with Crippen molar-refractivity contribution < 1.29 is 19.4 Å². The van der Waals surface area contributed by atoms with E-state index >= 15 is 0 Å². The number of hydrogen-bond acceptors (Lipinski definition) is 4. The molecule has 1 N–H and O–H groups in total. The van der Waals surface area contributed by atoms with Gasteiger partial charge in [-0.15, -0.1) is 0 Å². The number of rotatable bonds is 3. The summed E-state index contributed by atoms with van der Waals surface area (Å²) in [4.78, 5) is 15.3. The fraction of sp³-hybridized carbons (Fsp3) is 0.611. The molecule has 1 unspecified atom stereocenters. The molecule has 4 rings (SSSR count). The second-order valence-electron chi connectivity index (χ2n) is 6.88. The van der Waals surface area contributed by atoms with E-state index in [-0.39, 0.29) is 18.2 Å². The van der Waals surface area contributed by atoms with Crippen LogP contribution < -0.4 is 9.64 Å². The van der Waals surface area contributed by atoms with Gasteiger partial charge in [0.15, 0.2) is 0 Å². The van der Waals surface area contributed by atoms with E-state index in [0.717, 1.165) is 57.7 Å². The second kappa shape index (κ2) is 6.51. The summed E-state index contributed by atoms with van der Waals surface area (Å²) in [5.74, 6) is 0.875. The number of carboxylic acid groups (broad SMARTS) is 1. The monoisotopic (exact) mass is 332 g/mol. The Bertz CT molecular complexity index is 571. The van der Waals surface area contributed by atoms with E-state index < -0.39 is 6.09 Å². The quantitative estimate of drug-likeness (QED) is 0.922. The van der Waals surface area contributed by atoms with Gasteiger partial charge in [-0.05, 0) is 37.1 Å². The highest BCUT2D eigenvalue weighted by Gasteiger charge is 2.44. The molecule has 1 amide bonds. The third-order valence-electron chi connectivity index (χ3n) is 5.43. The summed E-state index contributed by atoms with van der Waals surface area (Å²) in [6, 6.07) is 8.49. The number of benzene rings is 1. The maximum atomic E-state index is 11.3. The largest absolute Gasteiger partial charge is 0.490 e. The Hall–Kier alpha value is -1.95. The molecule has 3 heterocycles. The molecule has 0 radical (unpaired) electrons. The van der Waals surface area contributed by atoms with Gasteiger partial charge in [0.05, 0.1) is 13.2 Å². The summed E-state index contributed by atoms with van der Waals surface area (Å²) in [5.41, 5.74) is 1.20. The number of carbonyl (C=O) groups is 1. The number of ether oxygens (including phenoxy) is 2. The van der Waals surface area contributed by atoms with Gasteiger partial charge in [0.2, 0.25) is 0 Å². The molecule has 1 aromatic carbocycles.